The van der Waals surface area contributed by atoms with Gasteiger partial charge in [0.2, 0.25) is 0 Å². The van der Waals surface area contributed by atoms with Gasteiger partial charge in [0.1, 0.15) is 0 Å². The summed E-state index contributed by atoms with van der Waals surface area (Å²) in [6.45, 7) is 26.4. The van der Waals surface area contributed by atoms with E-state index in [4.69, 9.17) is 4.74 Å². The van der Waals surface area contributed by atoms with Crippen molar-refractivity contribution in [2.24, 2.45) is 5.92 Å². The minimum atomic E-state index is -2.81. The predicted octanol–water partition coefficient (Wildman–Crippen LogP) is 7.59. The third kappa shape index (κ3) is 9.40. The van der Waals surface area contributed by atoms with Crippen molar-refractivity contribution in [2.45, 2.75) is 86.1 Å². The van der Waals surface area contributed by atoms with E-state index in [0.717, 1.165) is 51.0 Å². The summed E-state index contributed by atoms with van der Waals surface area (Å²) in [5, 5.41) is 0. The molecule has 0 aromatic heterocycles. The molecule has 0 aliphatic carbocycles. The normalized spacial score (nSPS) is 15.9. The lowest BCUT2D eigenvalue weighted by Crippen LogP contribution is -2.50. The molecule has 34 heavy (non-hydrogen) atoms. The summed E-state index contributed by atoms with van der Waals surface area (Å²) in [4.78, 5) is 4.75. The molecule has 0 bridgehead atoms. The molecular formula is C29H48F2N2O. The molecular weight excluding hydrogens is 430 g/mol. The maximum absolute atomic E-state index is 13.6. The monoisotopic (exact) mass is 478 g/mol. The molecule has 1 atom stereocenters. The zero-order valence-corrected chi connectivity index (χ0v) is 23.0. The number of piperazine rings is 1. The standard InChI is InChI=1S/C27H42F2N2O.C2H6/c1-20(2)17-25(31-15-13-30(14-16-31)22(5)32-19-21(3)4)18-26(6,7)23-9-11-24(12-10-23)27(8,28)29;1-2/h9-12,17,21,25H,5,13-16,18-19H2,1-4,6-8H3;1-2H3. The van der Waals surface area contributed by atoms with Crippen LogP contribution in [0.3, 0.4) is 0 Å². The number of rotatable bonds is 10. The molecule has 1 unspecified atom stereocenters. The summed E-state index contributed by atoms with van der Waals surface area (Å²) < 4.78 is 33.1. The Kier molecular flexibility index (Phi) is 11.8. The van der Waals surface area contributed by atoms with Crippen molar-refractivity contribution in [2.75, 3.05) is 32.8 Å². The highest BCUT2D eigenvalue weighted by atomic mass is 19.3. The highest BCUT2D eigenvalue weighted by Gasteiger charge is 2.31. The molecule has 0 saturated carbocycles. The van der Waals surface area contributed by atoms with E-state index in [1.54, 1.807) is 12.1 Å². The van der Waals surface area contributed by atoms with Crippen molar-refractivity contribution < 1.29 is 13.5 Å². The van der Waals surface area contributed by atoms with Gasteiger partial charge in [0, 0.05) is 44.7 Å². The van der Waals surface area contributed by atoms with Crippen LogP contribution < -0.4 is 0 Å². The lowest BCUT2D eigenvalue weighted by atomic mass is 9.78. The molecule has 0 N–H and O–H groups in total. The molecule has 1 aliphatic heterocycles. The van der Waals surface area contributed by atoms with E-state index >= 15 is 0 Å². The highest BCUT2D eigenvalue weighted by Crippen LogP contribution is 2.34. The Balaban J connectivity index is 0.00000281. The highest BCUT2D eigenvalue weighted by molar-refractivity contribution is 5.30. The lowest BCUT2D eigenvalue weighted by Gasteiger charge is -2.42. The summed E-state index contributed by atoms with van der Waals surface area (Å²) in [7, 11) is 0. The van der Waals surface area contributed by atoms with Crippen molar-refractivity contribution in [3.63, 3.8) is 0 Å². The van der Waals surface area contributed by atoms with Crippen LogP contribution in [0.4, 0.5) is 8.78 Å². The fourth-order valence-corrected chi connectivity index (χ4v) is 4.19. The fraction of sp³-hybridized carbons (Fsp3) is 0.655. The van der Waals surface area contributed by atoms with Crippen molar-refractivity contribution >= 4 is 0 Å². The zero-order chi connectivity index (χ0) is 26.1. The molecule has 1 aromatic carbocycles. The fourth-order valence-electron chi connectivity index (χ4n) is 4.19. The largest absolute Gasteiger partial charge is 0.479 e. The first kappa shape index (κ1) is 30.2. The van der Waals surface area contributed by atoms with Crippen molar-refractivity contribution in [1.82, 2.24) is 9.80 Å². The molecule has 1 saturated heterocycles. The molecule has 3 nitrogen and oxygen atoms in total. The Morgan fingerprint density at radius 2 is 1.50 bits per heavy atom. The van der Waals surface area contributed by atoms with Crippen molar-refractivity contribution in [3.05, 3.63) is 59.5 Å². The molecule has 0 amide bonds. The van der Waals surface area contributed by atoms with Gasteiger partial charge in [-0.1, -0.05) is 77.5 Å². The van der Waals surface area contributed by atoms with E-state index in [0.29, 0.717) is 12.5 Å². The number of allylic oxidation sites excluding steroid dienone is 1. The average Bonchev–Trinajstić information content (AvgIpc) is 2.77. The maximum atomic E-state index is 13.6. The summed E-state index contributed by atoms with van der Waals surface area (Å²) in [6.07, 6.45) is 3.26. The molecule has 1 aromatic rings. The van der Waals surface area contributed by atoms with Crippen LogP contribution in [0.5, 0.6) is 0 Å². The summed E-state index contributed by atoms with van der Waals surface area (Å²) in [5.74, 6) is -1.56. The number of hydrogen-bond donors (Lipinski definition) is 0. The first-order valence-electron chi connectivity index (χ1n) is 12.7. The van der Waals surface area contributed by atoms with E-state index in [1.165, 1.54) is 5.57 Å². The van der Waals surface area contributed by atoms with Crippen LogP contribution in [0.25, 0.3) is 0 Å². The first-order valence-corrected chi connectivity index (χ1v) is 12.7. The van der Waals surface area contributed by atoms with Gasteiger partial charge in [0.05, 0.1) is 6.61 Å². The Morgan fingerprint density at radius 3 is 1.94 bits per heavy atom. The van der Waals surface area contributed by atoms with Crippen molar-refractivity contribution in [1.29, 1.82) is 0 Å². The van der Waals surface area contributed by atoms with E-state index in [1.807, 2.05) is 26.0 Å². The molecule has 0 radical (unpaired) electrons. The third-order valence-electron chi connectivity index (χ3n) is 6.14. The topological polar surface area (TPSA) is 15.7 Å². The Hall–Kier alpha value is -1.88. The Bertz CT molecular complexity index is 766. The van der Waals surface area contributed by atoms with E-state index in [9.17, 15) is 8.78 Å². The van der Waals surface area contributed by atoms with Crippen LogP contribution in [-0.4, -0.2) is 48.6 Å². The first-order chi connectivity index (χ1) is 15.8. The van der Waals surface area contributed by atoms with Gasteiger partial charge in [-0.25, -0.2) is 8.78 Å². The van der Waals surface area contributed by atoms with Crippen LogP contribution in [0.1, 0.15) is 79.9 Å². The zero-order valence-electron chi connectivity index (χ0n) is 23.0. The number of alkyl halides is 2. The molecule has 5 heteroatoms. The van der Waals surface area contributed by atoms with Gasteiger partial charge in [0.15, 0.2) is 5.88 Å². The average molecular weight is 479 g/mol. The van der Waals surface area contributed by atoms with Gasteiger partial charge in [-0.05, 0) is 43.7 Å². The second-order valence-corrected chi connectivity index (χ2v) is 10.5. The van der Waals surface area contributed by atoms with Crippen LogP contribution in [-0.2, 0) is 16.1 Å². The smallest absolute Gasteiger partial charge is 0.270 e. The van der Waals surface area contributed by atoms with Crippen LogP contribution in [0, 0.1) is 5.92 Å². The second kappa shape index (κ2) is 13.3. The van der Waals surface area contributed by atoms with E-state index < -0.39 is 5.92 Å². The van der Waals surface area contributed by atoms with Gasteiger partial charge in [-0.3, -0.25) is 4.90 Å². The maximum Gasteiger partial charge on any atom is 0.270 e. The number of nitrogens with zero attached hydrogens (tertiary/aromatic N) is 2. The van der Waals surface area contributed by atoms with Gasteiger partial charge in [-0.15, -0.1) is 0 Å². The predicted molar refractivity (Wildman–Crippen MR) is 141 cm³/mol. The Labute approximate surface area is 207 Å². The SMILES string of the molecule is C=C(OCC(C)C)N1CCN(C(C=C(C)C)CC(C)(C)c2ccc(C(C)(F)F)cc2)CC1.CC. The molecule has 2 rings (SSSR count). The molecule has 1 fully saturated rings. The van der Waals surface area contributed by atoms with Gasteiger partial charge >= 0.3 is 0 Å². The van der Waals surface area contributed by atoms with Crippen molar-refractivity contribution in [3.8, 4) is 0 Å². The summed E-state index contributed by atoms with van der Waals surface area (Å²) in [5.41, 5.74) is 2.30. The second-order valence-electron chi connectivity index (χ2n) is 10.5. The molecule has 0 spiro atoms. The quantitative estimate of drug-likeness (QED) is 0.254. The number of benzene rings is 1. The van der Waals surface area contributed by atoms with Gasteiger partial charge in [0.25, 0.3) is 5.92 Å². The van der Waals surface area contributed by atoms with E-state index in [2.05, 4.69) is 64.0 Å². The van der Waals surface area contributed by atoms with Crippen LogP contribution in [0.15, 0.2) is 48.4 Å². The number of halogens is 2. The number of ether oxygens (including phenoxy) is 1. The molecule has 194 valence electrons. The minimum absolute atomic E-state index is 0.0638. The van der Waals surface area contributed by atoms with Gasteiger partial charge < -0.3 is 9.64 Å². The van der Waals surface area contributed by atoms with Crippen LogP contribution in [0.2, 0.25) is 0 Å². The van der Waals surface area contributed by atoms with Gasteiger partial charge in [-0.2, -0.15) is 0 Å². The molecule has 1 aliphatic rings. The van der Waals surface area contributed by atoms with Crippen LogP contribution >= 0.6 is 0 Å². The lowest BCUT2D eigenvalue weighted by molar-refractivity contribution is 0.0174. The summed E-state index contributed by atoms with van der Waals surface area (Å²) >= 11 is 0. The summed E-state index contributed by atoms with van der Waals surface area (Å²) in [6, 6.07) is 7.14. The minimum Gasteiger partial charge on any atom is -0.479 e. The Morgan fingerprint density at radius 1 is 1.00 bits per heavy atom. The molecule has 1 heterocycles. The third-order valence-corrected chi connectivity index (χ3v) is 6.14. The number of hydrogen-bond acceptors (Lipinski definition) is 3. The van der Waals surface area contributed by atoms with E-state index in [-0.39, 0.29) is 17.0 Å².